The molecule has 1 unspecified atom stereocenters. The van der Waals surface area contributed by atoms with E-state index in [1.165, 1.54) is 0 Å². The summed E-state index contributed by atoms with van der Waals surface area (Å²) in [5.74, 6) is -0.773. The lowest BCUT2D eigenvalue weighted by Gasteiger charge is -2.25. The lowest BCUT2D eigenvalue weighted by Crippen LogP contribution is -2.45. The predicted octanol–water partition coefficient (Wildman–Crippen LogP) is 4.56. The number of anilines is 1. The minimum Gasteiger partial charge on any atom is -0.324 e. The largest absolute Gasteiger partial charge is 0.324 e. The van der Waals surface area contributed by atoms with Gasteiger partial charge in [0.1, 0.15) is 6.04 Å². The first kappa shape index (κ1) is 19.8. The SMILES string of the molecule is CC(C)c1cccc(C(C)C)c1NC(=O)C(C)N1C(=O)c2ccccc2C1=O. The van der Waals surface area contributed by atoms with E-state index in [4.69, 9.17) is 0 Å². The molecule has 0 aliphatic carbocycles. The normalized spacial score (nSPS) is 14.6. The number of rotatable bonds is 5. The Morgan fingerprint density at radius 2 is 1.25 bits per heavy atom. The molecule has 2 aromatic carbocycles. The molecule has 0 fully saturated rings. The molecule has 1 atom stereocenters. The fourth-order valence-corrected chi connectivity index (χ4v) is 3.60. The number of para-hydroxylation sites is 1. The van der Waals surface area contributed by atoms with Crippen molar-refractivity contribution in [2.45, 2.75) is 52.5 Å². The molecular formula is C23H26N2O3. The molecule has 5 heteroatoms. The molecule has 5 nitrogen and oxygen atoms in total. The van der Waals surface area contributed by atoms with Crippen LogP contribution in [-0.2, 0) is 4.79 Å². The average molecular weight is 378 g/mol. The first-order chi connectivity index (χ1) is 13.2. The van der Waals surface area contributed by atoms with Crippen LogP contribution in [0.15, 0.2) is 42.5 Å². The molecule has 0 bridgehead atoms. The highest BCUT2D eigenvalue weighted by Gasteiger charge is 2.40. The first-order valence-electron chi connectivity index (χ1n) is 9.64. The third kappa shape index (κ3) is 3.33. The molecule has 0 saturated carbocycles. The Morgan fingerprint density at radius 1 is 0.786 bits per heavy atom. The van der Waals surface area contributed by atoms with Gasteiger partial charge in [0.05, 0.1) is 11.1 Å². The van der Waals surface area contributed by atoms with Gasteiger partial charge < -0.3 is 5.32 Å². The van der Waals surface area contributed by atoms with Crippen molar-refractivity contribution in [1.82, 2.24) is 4.90 Å². The van der Waals surface area contributed by atoms with Gasteiger partial charge in [-0.2, -0.15) is 0 Å². The summed E-state index contributed by atoms with van der Waals surface area (Å²) in [6.07, 6.45) is 0. The zero-order valence-electron chi connectivity index (χ0n) is 16.9. The summed E-state index contributed by atoms with van der Waals surface area (Å²) >= 11 is 0. The number of hydrogen-bond donors (Lipinski definition) is 1. The van der Waals surface area contributed by atoms with Crippen LogP contribution in [0, 0.1) is 0 Å². The summed E-state index contributed by atoms with van der Waals surface area (Å²) in [4.78, 5) is 39.4. The highest BCUT2D eigenvalue weighted by atomic mass is 16.2. The van der Waals surface area contributed by atoms with Gasteiger partial charge in [-0.25, -0.2) is 0 Å². The molecule has 3 rings (SSSR count). The van der Waals surface area contributed by atoms with Gasteiger partial charge >= 0.3 is 0 Å². The zero-order valence-corrected chi connectivity index (χ0v) is 16.9. The number of carbonyl (C=O) groups excluding carboxylic acids is 3. The molecule has 1 aliphatic rings. The van der Waals surface area contributed by atoms with Gasteiger partial charge in [0.25, 0.3) is 11.8 Å². The van der Waals surface area contributed by atoms with Crippen LogP contribution in [0.1, 0.15) is 78.3 Å². The van der Waals surface area contributed by atoms with Crippen LogP contribution in [0.2, 0.25) is 0 Å². The third-order valence-corrected chi connectivity index (χ3v) is 5.21. The molecule has 0 radical (unpaired) electrons. The molecule has 28 heavy (non-hydrogen) atoms. The van der Waals surface area contributed by atoms with Crippen molar-refractivity contribution in [1.29, 1.82) is 0 Å². The second kappa shape index (κ2) is 7.58. The summed E-state index contributed by atoms with van der Waals surface area (Å²) in [5.41, 5.74) is 3.54. The van der Waals surface area contributed by atoms with Crippen LogP contribution >= 0.6 is 0 Å². The van der Waals surface area contributed by atoms with Crippen LogP contribution in [0.5, 0.6) is 0 Å². The highest BCUT2D eigenvalue weighted by Crippen LogP contribution is 2.33. The number of nitrogens with zero attached hydrogens (tertiary/aromatic N) is 1. The van der Waals surface area contributed by atoms with E-state index in [9.17, 15) is 14.4 Å². The predicted molar refractivity (Wildman–Crippen MR) is 110 cm³/mol. The van der Waals surface area contributed by atoms with Crippen molar-refractivity contribution in [3.05, 3.63) is 64.7 Å². The number of hydrogen-bond acceptors (Lipinski definition) is 3. The Kier molecular flexibility index (Phi) is 5.36. The van der Waals surface area contributed by atoms with Gasteiger partial charge in [-0.05, 0) is 42.0 Å². The number of amides is 3. The van der Waals surface area contributed by atoms with Crippen LogP contribution in [0.4, 0.5) is 5.69 Å². The molecule has 2 aromatic rings. The number of benzene rings is 2. The van der Waals surface area contributed by atoms with E-state index in [1.54, 1.807) is 31.2 Å². The van der Waals surface area contributed by atoms with E-state index in [0.29, 0.717) is 11.1 Å². The van der Waals surface area contributed by atoms with Crippen molar-refractivity contribution < 1.29 is 14.4 Å². The Bertz CT molecular complexity index is 885. The van der Waals surface area contributed by atoms with E-state index in [0.717, 1.165) is 21.7 Å². The van der Waals surface area contributed by atoms with Gasteiger partial charge in [0.2, 0.25) is 5.91 Å². The second-order valence-electron chi connectivity index (χ2n) is 7.81. The number of carbonyl (C=O) groups is 3. The molecule has 0 saturated heterocycles. The summed E-state index contributed by atoms with van der Waals surface area (Å²) in [7, 11) is 0. The molecule has 146 valence electrons. The topological polar surface area (TPSA) is 66.5 Å². The lowest BCUT2D eigenvalue weighted by atomic mass is 9.92. The maximum atomic E-state index is 13.0. The second-order valence-corrected chi connectivity index (χ2v) is 7.81. The van der Waals surface area contributed by atoms with E-state index in [2.05, 4.69) is 33.0 Å². The average Bonchev–Trinajstić information content (AvgIpc) is 2.92. The molecule has 1 N–H and O–H groups in total. The fraction of sp³-hybridized carbons (Fsp3) is 0.348. The smallest absolute Gasteiger partial charge is 0.262 e. The Hall–Kier alpha value is -2.95. The van der Waals surface area contributed by atoms with E-state index >= 15 is 0 Å². The van der Waals surface area contributed by atoms with Gasteiger partial charge in [0.15, 0.2) is 0 Å². The van der Waals surface area contributed by atoms with Crippen LogP contribution in [-0.4, -0.2) is 28.7 Å². The lowest BCUT2D eigenvalue weighted by molar-refractivity contribution is -0.119. The molecule has 0 spiro atoms. The molecule has 3 amide bonds. The summed E-state index contributed by atoms with van der Waals surface area (Å²) in [6, 6.07) is 11.7. The van der Waals surface area contributed by atoms with Crippen molar-refractivity contribution in [3.8, 4) is 0 Å². The maximum absolute atomic E-state index is 13.0. The number of imide groups is 1. The van der Waals surface area contributed by atoms with E-state index in [1.807, 2.05) is 18.2 Å². The van der Waals surface area contributed by atoms with Crippen molar-refractivity contribution in [2.24, 2.45) is 0 Å². The standard InChI is InChI=1S/C23H26N2O3/c1-13(2)16-11-8-12-17(14(3)4)20(16)24-21(26)15(5)25-22(27)18-9-6-7-10-19(18)23(25)28/h6-15H,1-5H3,(H,24,26). The molecule has 0 aromatic heterocycles. The van der Waals surface area contributed by atoms with Crippen molar-refractivity contribution in [3.63, 3.8) is 0 Å². The summed E-state index contributed by atoms with van der Waals surface area (Å²) in [6.45, 7) is 9.88. The Balaban J connectivity index is 1.91. The fourth-order valence-electron chi connectivity index (χ4n) is 3.60. The van der Waals surface area contributed by atoms with Gasteiger partial charge in [-0.15, -0.1) is 0 Å². The highest BCUT2D eigenvalue weighted by molar-refractivity contribution is 6.23. The molecule has 1 heterocycles. The molecule has 1 aliphatic heterocycles. The zero-order chi connectivity index (χ0) is 20.6. The van der Waals surface area contributed by atoms with E-state index < -0.39 is 17.9 Å². The Labute approximate surface area is 165 Å². The minimum atomic E-state index is -0.910. The number of fused-ring (bicyclic) bond motifs is 1. The summed E-state index contributed by atoms with van der Waals surface area (Å²) in [5, 5.41) is 3.00. The van der Waals surface area contributed by atoms with Gasteiger partial charge in [0, 0.05) is 5.69 Å². The van der Waals surface area contributed by atoms with Crippen LogP contribution in [0.25, 0.3) is 0 Å². The summed E-state index contributed by atoms with van der Waals surface area (Å²) < 4.78 is 0. The minimum absolute atomic E-state index is 0.226. The van der Waals surface area contributed by atoms with Crippen molar-refractivity contribution in [2.75, 3.05) is 5.32 Å². The van der Waals surface area contributed by atoms with Gasteiger partial charge in [-0.1, -0.05) is 58.0 Å². The maximum Gasteiger partial charge on any atom is 0.262 e. The van der Waals surface area contributed by atoms with Crippen LogP contribution in [0.3, 0.4) is 0 Å². The quantitative estimate of drug-likeness (QED) is 0.776. The van der Waals surface area contributed by atoms with E-state index in [-0.39, 0.29) is 17.7 Å². The molecular weight excluding hydrogens is 352 g/mol. The monoisotopic (exact) mass is 378 g/mol. The third-order valence-electron chi connectivity index (χ3n) is 5.21. The Morgan fingerprint density at radius 3 is 1.68 bits per heavy atom. The van der Waals surface area contributed by atoms with Gasteiger partial charge in [-0.3, -0.25) is 19.3 Å². The van der Waals surface area contributed by atoms with Crippen LogP contribution < -0.4 is 5.32 Å². The first-order valence-corrected chi connectivity index (χ1v) is 9.64. The van der Waals surface area contributed by atoms with Crippen molar-refractivity contribution >= 4 is 23.4 Å². The number of nitrogens with one attached hydrogen (secondary N) is 1.